The summed E-state index contributed by atoms with van der Waals surface area (Å²) in [5, 5.41) is 12.2. The van der Waals surface area contributed by atoms with Crippen molar-refractivity contribution in [1.29, 1.82) is 0 Å². The van der Waals surface area contributed by atoms with E-state index in [1.165, 1.54) is 7.11 Å². The van der Waals surface area contributed by atoms with Crippen LogP contribution in [0.15, 0.2) is 48.5 Å². The summed E-state index contributed by atoms with van der Waals surface area (Å²) in [6, 6.07) is 13.8. The molecule has 7 nitrogen and oxygen atoms in total. The van der Waals surface area contributed by atoms with Crippen LogP contribution in [0.2, 0.25) is 0 Å². The molecule has 2 atom stereocenters. The van der Waals surface area contributed by atoms with Crippen LogP contribution in [-0.2, 0) is 15.1 Å². The van der Waals surface area contributed by atoms with Crippen molar-refractivity contribution in [3.8, 4) is 17.2 Å². The highest BCUT2D eigenvalue weighted by Gasteiger charge is 2.33. The lowest BCUT2D eigenvalue weighted by atomic mass is 9.88. The fraction of sp³-hybridized carbons (Fsp3) is 0.333. The van der Waals surface area contributed by atoms with Crippen LogP contribution in [0, 0.1) is 0 Å². The van der Waals surface area contributed by atoms with E-state index in [1.807, 2.05) is 0 Å². The summed E-state index contributed by atoms with van der Waals surface area (Å²) in [4.78, 5) is 24.1. The molecule has 2 unspecified atom stereocenters. The number of benzene rings is 2. The molecule has 0 saturated carbocycles. The second kappa shape index (κ2) is 9.12. The molecule has 150 valence electrons. The monoisotopic (exact) mass is 387 g/mol. The van der Waals surface area contributed by atoms with E-state index in [0.717, 1.165) is 0 Å². The summed E-state index contributed by atoms with van der Waals surface area (Å²) >= 11 is 0. The lowest BCUT2D eigenvalue weighted by Gasteiger charge is -2.31. The number of hydrogen-bond acceptors (Lipinski definition) is 5. The molecule has 0 bridgehead atoms. The summed E-state index contributed by atoms with van der Waals surface area (Å²) < 4.78 is 16.0. The first-order valence-corrected chi connectivity index (χ1v) is 8.76. The van der Waals surface area contributed by atoms with E-state index in [9.17, 15) is 14.7 Å². The Balaban J connectivity index is 2.17. The molecule has 0 aromatic heterocycles. The fourth-order valence-corrected chi connectivity index (χ4v) is 2.77. The van der Waals surface area contributed by atoms with E-state index in [2.05, 4.69) is 5.32 Å². The van der Waals surface area contributed by atoms with Gasteiger partial charge >= 0.3 is 5.97 Å². The van der Waals surface area contributed by atoms with Crippen LogP contribution in [-0.4, -0.2) is 37.3 Å². The van der Waals surface area contributed by atoms with Gasteiger partial charge in [-0.2, -0.15) is 0 Å². The van der Waals surface area contributed by atoms with Crippen LogP contribution in [0.5, 0.6) is 17.2 Å². The molecule has 0 fully saturated rings. The molecular formula is C21H25NO6. The normalized spacial score (nSPS) is 13.7. The minimum Gasteiger partial charge on any atom is -0.497 e. The SMILES string of the molecule is COc1ccc(OC(C)C(=O)NC(C)(CC(=O)O)c2cccc(OC)c2)cc1. The quantitative estimate of drug-likeness (QED) is 0.687. The van der Waals surface area contributed by atoms with Crippen molar-refractivity contribution in [2.24, 2.45) is 0 Å². The average molecular weight is 387 g/mol. The van der Waals surface area contributed by atoms with Gasteiger partial charge in [-0.15, -0.1) is 0 Å². The highest BCUT2D eigenvalue weighted by molar-refractivity contribution is 5.82. The van der Waals surface area contributed by atoms with Crippen LogP contribution in [0.25, 0.3) is 0 Å². The number of ether oxygens (including phenoxy) is 3. The number of rotatable bonds is 9. The zero-order valence-corrected chi connectivity index (χ0v) is 16.4. The van der Waals surface area contributed by atoms with Gasteiger partial charge in [-0.05, 0) is 55.8 Å². The van der Waals surface area contributed by atoms with Gasteiger partial charge in [0.25, 0.3) is 5.91 Å². The maximum absolute atomic E-state index is 12.7. The predicted molar refractivity (Wildman–Crippen MR) is 104 cm³/mol. The molecule has 2 aromatic carbocycles. The third-order valence-corrected chi connectivity index (χ3v) is 4.35. The maximum atomic E-state index is 12.7. The second-order valence-electron chi connectivity index (χ2n) is 6.56. The van der Waals surface area contributed by atoms with Gasteiger partial charge in [-0.1, -0.05) is 12.1 Å². The molecule has 0 aliphatic rings. The van der Waals surface area contributed by atoms with Crippen LogP contribution < -0.4 is 19.5 Å². The topological polar surface area (TPSA) is 94.1 Å². The summed E-state index contributed by atoms with van der Waals surface area (Å²) in [6.07, 6.45) is -1.12. The van der Waals surface area contributed by atoms with E-state index in [-0.39, 0.29) is 6.42 Å². The van der Waals surface area contributed by atoms with Crippen LogP contribution >= 0.6 is 0 Å². The molecular weight excluding hydrogens is 362 g/mol. The molecule has 0 spiro atoms. The van der Waals surface area contributed by atoms with Crippen molar-refractivity contribution in [2.45, 2.75) is 31.9 Å². The third-order valence-electron chi connectivity index (χ3n) is 4.35. The minimum absolute atomic E-state index is 0.291. The first kappa shape index (κ1) is 21.1. The number of carbonyl (C=O) groups is 2. The van der Waals surface area contributed by atoms with Crippen molar-refractivity contribution in [3.63, 3.8) is 0 Å². The maximum Gasteiger partial charge on any atom is 0.306 e. The zero-order valence-electron chi connectivity index (χ0n) is 16.4. The molecule has 0 aliphatic heterocycles. The standard InChI is InChI=1S/C21H25NO6/c1-14(28-17-10-8-16(26-3)9-11-17)20(25)22-21(2,13-19(23)24)15-6-5-7-18(12-15)27-4/h5-12,14H,13H2,1-4H3,(H,22,25)(H,23,24). The Morgan fingerprint density at radius 1 is 1.04 bits per heavy atom. The number of hydrogen-bond donors (Lipinski definition) is 2. The molecule has 0 heterocycles. The molecule has 2 N–H and O–H groups in total. The van der Waals surface area contributed by atoms with Gasteiger partial charge in [0.1, 0.15) is 17.2 Å². The number of nitrogens with one attached hydrogen (secondary N) is 1. The first-order chi connectivity index (χ1) is 13.3. The first-order valence-electron chi connectivity index (χ1n) is 8.76. The number of carboxylic acid groups (broad SMARTS) is 1. The van der Waals surface area contributed by atoms with Crippen molar-refractivity contribution in [3.05, 3.63) is 54.1 Å². The smallest absolute Gasteiger partial charge is 0.306 e. The molecule has 28 heavy (non-hydrogen) atoms. The highest BCUT2D eigenvalue weighted by atomic mass is 16.5. The Hall–Kier alpha value is -3.22. The Labute approximate surface area is 164 Å². The van der Waals surface area contributed by atoms with Crippen LogP contribution in [0.3, 0.4) is 0 Å². The molecule has 2 rings (SSSR count). The lowest BCUT2D eigenvalue weighted by molar-refractivity contribution is -0.139. The molecule has 2 aromatic rings. The van der Waals surface area contributed by atoms with E-state index < -0.39 is 23.5 Å². The number of carbonyl (C=O) groups excluding carboxylic acids is 1. The van der Waals surface area contributed by atoms with Crippen molar-refractivity contribution < 1.29 is 28.9 Å². The summed E-state index contributed by atoms with van der Waals surface area (Å²) in [7, 11) is 3.09. The van der Waals surface area contributed by atoms with E-state index in [0.29, 0.717) is 22.8 Å². The van der Waals surface area contributed by atoms with Crippen molar-refractivity contribution in [1.82, 2.24) is 5.32 Å². The Morgan fingerprint density at radius 3 is 2.21 bits per heavy atom. The third kappa shape index (κ3) is 5.39. The Kier molecular flexibility index (Phi) is 6.87. The van der Waals surface area contributed by atoms with Gasteiger partial charge in [-0.25, -0.2) is 0 Å². The largest absolute Gasteiger partial charge is 0.497 e. The summed E-state index contributed by atoms with van der Waals surface area (Å²) in [5.41, 5.74) is -0.506. The van der Waals surface area contributed by atoms with Gasteiger partial charge in [0, 0.05) is 0 Å². The van der Waals surface area contributed by atoms with Crippen LogP contribution in [0.1, 0.15) is 25.8 Å². The average Bonchev–Trinajstić information content (AvgIpc) is 2.67. The summed E-state index contributed by atoms with van der Waals surface area (Å²) in [5.74, 6) is 0.295. The van der Waals surface area contributed by atoms with Gasteiger partial charge in [0.05, 0.1) is 26.2 Å². The molecule has 0 aliphatic carbocycles. The molecule has 0 radical (unpaired) electrons. The molecule has 0 saturated heterocycles. The van der Waals surface area contributed by atoms with E-state index in [1.54, 1.807) is 69.5 Å². The van der Waals surface area contributed by atoms with Gasteiger partial charge in [-0.3, -0.25) is 9.59 Å². The predicted octanol–water partition coefficient (Wildman–Crippen LogP) is 2.98. The minimum atomic E-state index is -1.13. The van der Waals surface area contributed by atoms with Crippen molar-refractivity contribution in [2.75, 3.05) is 14.2 Å². The van der Waals surface area contributed by atoms with E-state index in [4.69, 9.17) is 14.2 Å². The number of carboxylic acids is 1. The zero-order chi connectivity index (χ0) is 20.7. The second-order valence-corrected chi connectivity index (χ2v) is 6.56. The van der Waals surface area contributed by atoms with Gasteiger partial charge in [0.2, 0.25) is 0 Å². The number of aliphatic carboxylic acids is 1. The highest BCUT2D eigenvalue weighted by Crippen LogP contribution is 2.28. The number of amides is 1. The van der Waals surface area contributed by atoms with Crippen molar-refractivity contribution >= 4 is 11.9 Å². The van der Waals surface area contributed by atoms with Gasteiger partial charge < -0.3 is 24.6 Å². The number of methoxy groups -OCH3 is 2. The molecule has 1 amide bonds. The fourth-order valence-electron chi connectivity index (χ4n) is 2.77. The van der Waals surface area contributed by atoms with Crippen LogP contribution in [0.4, 0.5) is 0 Å². The molecule has 7 heteroatoms. The lowest BCUT2D eigenvalue weighted by Crippen LogP contribution is -2.49. The Morgan fingerprint density at radius 2 is 1.64 bits per heavy atom. The Bertz CT molecular complexity index is 820. The van der Waals surface area contributed by atoms with E-state index >= 15 is 0 Å². The van der Waals surface area contributed by atoms with Gasteiger partial charge in [0.15, 0.2) is 6.10 Å². The summed E-state index contributed by atoms with van der Waals surface area (Å²) in [6.45, 7) is 3.26.